The fourth-order valence-electron chi connectivity index (χ4n) is 2.03. The van der Waals surface area contributed by atoms with Crippen molar-refractivity contribution in [2.45, 2.75) is 13.8 Å². The summed E-state index contributed by atoms with van der Waals surface area (Å²) in [5.41, 5.74) is 6.49. The van der Waals surface area contributed by atoms with Crippen molar-refractivity contribution in [1.82, 2.24) is 4.98 Å². The molecule has 1 N–H and O–H groups in total. The lowest BCUT2D eigenvalue weighted by Gasteiger charge is -2.09. The molecule has 1 heterocycles. The Bertz CT molecular complexity index is 778. The first-order chi connectivity index (χ1) is 10.1. The Kier molecular flexibility index (Phi) is 3.58. The Morgan fingerprint density at radius 1 is 1.24 bits per heavy atom. The number of anilines is 1. The van der Waals surface area contributed by atoms with Crippen LogP contribution in [-0.4, -0.2) is 11.0 Å². The Labute approximate surface area is 126 Å². The number of hydrogen-bond acceptors (Lipinski definition) is 5. The molecule has 0 aliphatic rings. The molecule has 3 rings (SSSR count). The third-order valence-corrected chi connectivity index (χ3v) is 4.16. The number of benzene rings is 2. The van der Waals surface area contributed by atoms with Crippen LogP contribution in [0.2, 0.25) is 0 Å². The molecule has 5 heteroatoms. The van der Waals surface area contributed by atoms with Gasteiger partial charge in [-0.2, -0.15) is 0 Å². The van der Waals surface area contributed by atoms with E-state index in [1.54, 1.807) is 11.3 Å². The molecule has 0 aliphatic heterocycles. The number of carbonyl (C=O) groups excluding carboxylic acids is 1. The van der Waals surface area contributed by atoms with Crippen molar-refractivity contribution in [3.63, 3.8) is 0 Å². The van der Waals surface area contributed by atoms with Gasteiger partial charge in [-0.15, -0.1) is 11.3 Å². The van der Waals surface area contributed by atoms with Gasteiger partial charge >= 0.3 is 5.97 Å². The molecule has 0 saturated carbocycles. The van der Waals surface area contributed by atoms with Crippen molar-refractivity contribution >= 4 is 33.2 Å². The topological polar surface area (TPSA) is 51.2 Å². The van der Waals surface area contributed by atoms with Crippen LogP contribution in [0.3, 0.4) is 0 Å². The lowest BCUT2D eigenvalue weighted by Crippen LogP contribution is -2.07. The van der Waals surface area contributed by atoms with Crippen molar-refractivity contribution in [3.05, 3.63) is 48.0 Å². The first-order valence-electron chi connectivity index (χ1n) is 6.53. The molecule has 0 atom stereocenters. The van der Waals surface area contributed by atoms with Crippen molar-refractivity contribution in [1.29, 1.82) is 0 Å². The Morgan fingerprint density at radius 3 is 2.76 bits per heavy atom. The van der Waals surface area contributed by atoms with Gasteiger partial charge in [-0.25, -0.2) is 10.5 Å². The van der Waals surface area contributed by atoms with Crippen LogP contribution in [0.25, 0.3) is 20.8 Å². The molecule has 1 aromatic heterocycles. The summed E-state index contributed by atoms with van der Waals surface area (Å²) < 4.78 is 1.17. The molecule has 0 radical (unpaired) electrons. The summed E-state index contributed by atoms with van der Waals surface area (Å²) in [4.78, 5) is 20.3. The number of carbonyl (C=O) groups is 1. The summed E-state index contributed by atoms with van der Waals surface area (Å²) in [7, 11) is 0. The molecular weight excluding hydrogens is 284 g/mol. The zero-order valence-corrected chi connectivity index (χ0v) is 12.5. The Balaban J connectivity index is 1.92. The second-order valence-corrected chi connectivity index (χ2v) is 5.74. The SMILES string of the molecule is CC(=O)ONc1ccc(-c2nc3ccccc3s2)cc1C. The maximum atomic E-state index is 10.8. The van der Waals surface area contributed by atoms with Crippen LogP contribution in [0, 0.1) is 6.92 Å². The van der Waals surface area contributed by atoms with Crippen LogP contribution in [0.15, 0.2) is 42.5 Å². The van der Waals surface area contributed by atoms with E-state index in [0.717, 1.165) is 27.3 Å². The van der Waals surface area contributed by atoms with Gasteiger partial charge in [0.15, 0.2) is 0 Å². The number of thiazole rings is 1. The average Bonchev–Trinajstić information content (AvgIpc) is 2.89. The molecule has 2 aromatic carbocycles. The normalized spacial score (nSPS) is 10.6. The minimum atomic E-state index is -0.371. The zero-order chi connectivity index (χ0) is 14.8. The van der Waals surface area contributed by atoms with Gasteiger partial charge in [-0.05, 0) is 42.8 Å². The molecule has 0 spiro atoms. The van der Waals surface area contributed by atoms with E-state index in [-0.39, 0.29) is 5.97 Å². The number of para-hydroxylation sites is 1. The summed E-state index contributed by atoms with van der Waals surface area (Å²) in [5.74, 6) is -0.371. The number of fused-ring (bicyclic) bond motifs is 1. The smallest absolute Gasteiger partial charge is 0.329 e. The number of nitrogens with zero attached hydrogens (tertiary/aromatic N) is 1. The summed E-state index contributed by atoms with van der Waals surface area (Å²) >= 11 is 1.67. The molecule has 106 valence electrons. The highest BCUT2D eigenvalue weighted by Crippen LogP contribution is 2.31. The van der Waals surface area contributed by atoms with Crippen LogP contribution >= 0.6 is 11.3 Å². The third-order valence-electron chi connectivity index (χ3n) is 3.07. The van der Waals surface area contributed by atoms with Crippen LogP contribution in [0.1, 0.15) is 12.5 Å². The van der Waals surface area contributed by atoms with Gasteiger partial charge in [-0.3, -0.25) is 4.79 Å². The van der Waals surface area contributed by atoms with Gasteiger partial charge in [0.05, 0.1) is 15.9 Å². The maximum Gasteiger partial charge on any atom is 0.329 e. The second kappa shape index (κ2) is 5.54. The summed E-state index contributed by atoms with van der Waals surface area (Å²) in [6, 6.07) is 14.0. The van der Waals surface area contributed by atoms with Crippen LogP contribution in [0.5, 0.6) is 0 Å². The highest BCUT2D eigenvalue weighted by Gasteiger charge is 2.08. The molecule has 4 nitrogen and oxygen atoms in total. The minimum absolute atomic E-state index is 0.371. The predicted molar refractivity (Wildman–Crippen MR) is 85.2 cm³/mol. The second-order valence-electron chi connectivity index (χ2n) is 4.71. The summed E-state index contributed by atoms with van der Waals surface area (Å²) in [6.45, 7) is 3.32. The molecule has 3 aromatic rings. The number of nitrogens with one attached hydrogen (secondary N) is 1. The predicted octanol–water partition coefficient (Wildman–Crippen LogP) is 4.16. The van der Waals surface area contributed by atoms with E-state index in [9.17, 15) is 4.79 Å². The van der Waals surface area contributed by atoms with E-state index in [4.69, 9.17) is 4.84 Å². The highest BCUT2D eigenvalue weighted by atomic mass is 32.1. The monoisotopic (exact) mass is 298 g/mol. The Hall–Kier alpha value is -2.40. The summed E-state index contributed by atoms with van der Waals surface area (Å²) in [6.07, 6.45) is 0. The fraction of sp³-hybridized carbons (Fsp3) is 0.125. The van der Waals surface area contributed by atoms with Gasteiger partial charge in [0.25, 0.3) is 0 Å². The van der Waals surface area contributed by atoms with Crippen LogP contribution in [-0.2, 0) is 9.63 Å². The molecule has 0 amide bonds. The zero-order valence-electron chi connectivity index (χ0n) is 11.7. The van der Waals surface area contributed by atoms with Gasteiger partial charge in [0, 0.05) is 12.5 Å². The molecular formula is C16H14N2O2S. The average molecular weight is 298 g/mol. The van der Waals surface area contributed by atoms with E-state index in [0.29, 0.717) is 0 Å². The quantitative estimate of drug-likeness (QED) is 0.738. The molecule has 0 aliphatic carbocycles. The molecule has 0 unspecified atom stereocenters. The minimum Gasteiger partial charge on any atom is -0.344 e. The lowest BCUT2D eigenvalue weighted by atomic mass is 10.1. The molecule has 0 saturated heterocycles. The van der Waals surface area contributed by atoms with Crippen molar-refractivity contribution < 1.29 is 9.63 Å². The van der Waals surface area contributed by atoms with Crippen molar-refractivity contribution in [2.75, 3.05) is 5.48 Å². The van der Waals surface area contributed by atoms with Crippen LogP contribution in [0.4, 0.5) is 5.69 Å². The molecule has 21 heavy (non-hydrogen) atoms. The van der Waals surface area contributed by atoms with Gasteiger partial charge in [-0.1, -0.05) is 12.1 Å². The van der Waals surface area contributed by atoms with Crippen molar-refractivity contribution in [3.8, 4) is 10.6 Å². The van der Waals surface area contributed by atoms with E-state index < -0.39 is 0 Å². The van der Waals surface area contributed by atoms with E-state index in [2.05, 4.69) is 16.5 Å². The maximum absolute atomic E-state index is 10.8. The van der Waals surface area contributed by atoms with E-state index in [1.807, 2.05) is 43.3 Å². The van der Waals surface area contributed by atoms with Crippen LogP contribution < -0.4 is 5.48 Å². The standard InChI is InChI=1S/C16H14N2O2S/c1-10-9-12(7-8-13(10)18-20-11(2)19)16-17-14-5-3-4-6-15(14)21-16/h3-9,18H,1-2H3. The van der Waals surface area contributed by atoms with E-state index >= 15 is 0 Å². The van der Waals surface area contributed by atoms with Gasteiger partial charge in [0.1, 0.15) is 5.01 Å². The third kappa shape index (κ3) is 2.87. The van der Waals surface area contributed by atoms with Gasteiger partial charge in [0.2, 0.25) is 0 Å². The first kappa shape index (κ1) is 13.6. The molecule has 0 fully saturated rings. The number of aromatic nitrogens is 1. The number of hydrogen-bond donors (Lipinski definition) is 1. The Morgan fingerprint density at radius 2 is 2.05 bits per heavy atom. The van der Waals surface area contributed by atoms with E-state index in [1.165, 1.54) is 11.6 Å². The van der Waals surface area contributed by atoms with Gasteiger partial charge < -0.3 is 4.84 Å². The number of aryl methyl sites for hydroxylation is 1. The lowest BCUT2D eigenvalue weighted by molar-refractivity contribution is -0.138. The number of rotatable bonds is 3. The van der Waals surface area contributed by atoms with Crippen molar-refractivity contribution in [2.24, 2.45) is 0 Å². The largest absolute Gasteiger partial charge is 0.344 e. The molecule has 0 bridgehead atoms. The summed E-state index contributed by atoms with van der Waals surface area (Å²) in [5, 5.41) is 0.985. The highest BCUT2D eigenvalue weighted by molar-refractivity contribution is 7.21. The fourth-order valence-corrected chi connectivity index (χ4v) is 3.00. The first-order valence-corrected chi connectivity index (χ1v) is 7.35.